The first kappa shape index (κ1) is 97.4. The van der Waals surface area contributed by atoms with E-state index in [1.54, 1.807) is 0 Å². The first-order valence-corrected chi connectivity index (χ1v) is 44.3. The van der Waals surface area contributed by atoms with Crippen LogP contribution in [0.4, 0.5) is 0 Å². The van der Waals surface area contributed by atoms with E-state index in [-0.39, 0.29) is 32.0 Å². The molecule has 101 heavy (non-hydrogen) atoms. The molecule has 0 saturated carbocycles. The Labute approximate surface area is 626 Å². The number of phosphoric acid groups is 1. The Bertz CT molecular complexity index is 2130. The third-order valence-electron chi connectivity index (χ3n) is 18.8. The van der Waals surface area contributed by atoms with Crippen LogP contribution in [0.15, 0.2) is 122 Å². The monoisotopic (exact) mass is 1430 g/mol. The molecule has 0 aliphatic rings. The van der Waals surface area contributed by atoms with E-state index in [0.29, 0.717) is 17.4 Å². The van der Waals surface area contributed by atoms with E-state index >= 15 is 0 Å². The van der Waals surface area contributed by atoms with Gasteiger partial charge in [-0.25, -0.2) is 4.57 Å². The van der Waals surface area contributed by atoms with E-state index < -0.39 is 26.5 Å². The highest BCUT2D eigenvalue weighted by molar-refractivity contribution is 7.47. The topological polar surface area (TPSA) is 108 Å². The minimum atomic E-state index is -4.41. The number of unbranched alkanes of at least 4 members (excludes halogenated alkanes) is 45. The quantitative estimate of drug-likeness (QED) is 0.0211. The summed E-state index contributed by atoms with van der Waals surface area (Å²) in [5, 5.41) is 0. The van der Waals surface area contributed by atoms with Crippen molar-refractivity contribution in [3.63, 3.8) is 0 Å². The molecule has 2 unspecified atom stereocenters. The van der Waals surface area contributed by atoms with Gasteiger partial charge >= 0.3 is 19.8 Å². The smallest absolute Gasteiger partial charge is 0.462 e. The lowest BCUT2D eigenvalue weighted by Gasteiger charge is -2.24. The third-order valence-corrected chi connectivity index (χ3v) is 19.7. The average molecular weight is 1430 g/mol. The van der Waals surface area contributed by atoms with Crippen molar-refractivity contribution < 1.29 is 42.1 Å². The van der Waals surface area contributed by atoms with Crippen molar-refractivity contribution in [1.29, 1.82) is 0 Å². The summed E-state index contributed by atoms with van der Waals surface area (Å²) >= 11 is 0. The number of hydrogen-bond donors (Lipinski definition) is 1. The molecule has 0 saturated heterocycles. The lowest BCUT2D eigenvalue weighted by atomic mass is 10.0. The molecule has 0 amide bonds. The zero-order valence-corrected chi connectivity index (χ0v) is 67.8. The molecule has 1 N–H and O–H groups in total. The molecular weight excluding hydrogens is 1270 g/mol. The zero-order valence-electron chi connectivity index (χ0n) is 66.9. The predicted octanol–water partition coefficient (Wildman–Crippen LogP) is 28.9. The van der Waals surface area contributed by atoms with Gasteiger partial charge in [0.1, 0.15) is 19.8 Å². The lowest BCUT2D eigenvalue weighted by Crippen LogP contribution is -2.37. The van der Waals surface area contributed by atoms with Crippen LogP contribution >= 0.6 is 7.82 Å². The minimum Gasteiger partial charge on any atom is -0.462 e. The molecule has 0 aromatic heterocycles. The Morgan fingerprint density at radius 2 is 0.564 bits per heavy atom. The van der Waals surface area contributed by atoms with Gasteiger partial charge in [0.15, 0.2) is 6.10 Å². The van der Waals surface area contributed by atoms with Gasteiger partial charge in [0.25, 0.3) is 0 Å². The largest absolute Gasteiger partial charge is 0.472 e. The summed E-state index contributed by atoms with van der Waals surface area (Å²) in [4.78, 5) is 36.0. The second-order valence-electron chi connectivity index (χ2n) is 29.8. The summed E-state index contributed by atoms with van der Waals surface area (Å²) in [5.41, 5.74) is 0. The predicted molar refractivity (Wildman–Crippen MR) is 441 cm³/mol. The maximum atomic E-state index is 12.9. The number of esters is 2. The van der Waals surface area contributed by atoms with E-state index in [1.165, 1.54) is 238 Å². The van der Waals surface area contributed by atoms with Crippen molar-refractivity contribution in [1.82, 2.24) is 0 Å². The highest BCUT2D eigenvalue weighted by Crippen LogP contribution is 2.43. The van der Waals surface area contributed by atoms with Crippen molar-refractivity contribution in [3.8, 4) is 0 Å². The molecular formula is C91H163NO8P+. The fourth-order valence-corrected chi connectivity index (χ4v) is 13.0. The molecule has 0 heterocycles. The molecule has 0 aromatic carbocycles. The van der Waals surface area contributed by atoms with Gasteiger partial charge in [-0.05, 0) is 89.9 Å². The molecule has 9 nitrogen and oxygen atoms in total. The first-order valence-electron chi connectivity index (χ1n) is 42.8. The Balaban J connectivity index is 3.97. The van der Waals surface area contributed by atoms with Gasteiger partial charge in [0.2, 0.25) is 0 Å². The van der Waals surface area contributed by atoms with Crippen molar-refractivity contribution in [2.75, 3.05) is 47.5 Å². The van der Waals surface area contributed by atoms with Gasteiger partial charge in [0.05, 0.1) is 27.7 Å². The van der Waals surface area contributed by atoms with Crippen LogP contribution in [-0.4, -0.2) is 74.9 Å². The maximum Gasteiger partial charge on any atom is 0.472 e. The Morgan fingerprint density at radius 3 is 0.842 bits per heavy atom. The SMILES string of the molecule is CC/C=C\C/C=C\C/C=C\C/C=C\C/C=C\C/C=C\C/C=C\C/C=C\C/C=C\C/C=C\CCCCCCCCC(=O)OC(COC(=O)CCCCCCCCCCCCCCCCCCCCCCCCCCCCCCCCCCCCCCCCCC)COP(=O)(O)OCC[N+](C)(C)C. The van der Waals surface area contributed by atoms with Gasteiger partial charge in [0, 0.05) is 12.8 Å². The summed E-state index contributed by atoms with van der Waals surface area (Å²) in [6.07, 6.45) is 117. The molecule has 0 fully saturated rings. The van der Waals surface area contributed by atoms with Crippen molar-refractivity contribution in [2.24, 2.45) is 0 Å². The van der Waals surface area contributed by atoms with Gasteiger partial charge in [-0.2, -0.15) is 0 Å². The Hall–Kier alpha value is -3.59. The fraction of sp³-hybridized carbons (Fsp3) is 0.758. The van der Waals surface area contributed by atoms with Crippen LogP contribution in [0.5, 0.6) is 0 Å². The van der Waals surface area contributed by atoms with Gasteiger partial charge < -0.3 is 18.9 Å². The Kier molecular flexibility index (Phi) is 77.6. The van der Waals surface area contributed by atoms with E-state index in [0.717, 1.165) is 122 Å². The minimum absolute atomic E-state index is 0.0244. The Morgan fingerprint density at radius 1 is 0.317 bits per heavy atom. The molecule has 0 aromatic rings. The first-order chi connectivity index (χ1) is 49.5. The normalized spacial score (nSPS) is 13.6. The van der Waals surface area contributed by atoms with Crippen LogP contribution in [0.25, 0.3) is 0 Å². The number of likely N-dealkylation sites (N-methyl/N-ethyl adjacent to an activating group) is 1. The summed E-state index contributed by atoms with van der Waals surface area (Å²) in [6.45, 7) is 4.35. The van der Waals surface area contributed by atoms with E-state index in [1.807, 2.05) is 21.1 Å². The van der Waals surface area contributed by atoms with Crippen molar-refractivity contribution in [2.45, 2.75) is 399 Å². The number of allylic oxidation sites excluding steroid dienone is 20. The second kappa shape index (κ2) is 80.5. The number of hydrogen-bond acceptors (Lipinski definition) is 7. The molecule has 584 valence electrons. The van der Waals surface area contributed by atoms with Crippen LogP contribution in [0.3, 0.4) is 0 Å². The molecule has 0 radical (unpaired) electrons. The van der Waals surface area contributed by atoms with Gasteiger partial charge in [-0.3, -0.25) is 18.6 Å². The highest BCUT2D eigenvalue weighted by Gasteiger charge is 2.27. The van der Waals surface area contributed by atoms with E-state index in [2.05, 4.69) is 135 Å². The third kappa shape index (κ3) is 85.2. The summed E-state index contributed by atoms with van der Waals surface area (Å²) < 4.78 is 34.8. The number of ether oxygens (including phenoxy) is 2. The maximum absolute atomic E-state index is 12.9. The molecule has 2 atom stereocenters. The number of rotatable bonds is 79. The van der Waals surface area contributed by atoms with Crippen LogP contribution in [0.2, 0.25) is 0 Å². The number of quaternary nitrogens is 1. The van der Waals surface area contributed by atoms with Gasteiger partial charge in [-0.15, -0.1) is 0 Å². The van der Waals surface area contributed by atoms with Crippen LogP contribution in [-0.2, 0) is 32.7 Å². The van der Waals surface area contributed by atoms with Crippen molar-refractivity contribution in [3.05, 3.63) is 122 Å². The number of carbonyl (C=O) groups is 2. The fourth-order valence-electron chi connectivity index (χ4n) is 12.3. The standard InChI is InChI=1S/C91H162NO8P/c1-6-8-10-12-14-16-18-20-22-24-26-28-30-32-34-36-38-40-42-44-45-46-48-49-51-53-55-57-59-61-63-65-67-69-71-73-75-77-79-81-83-90(93)97-87-89(88-99-101(95,96)98-86-85-92(3,4)5)100-91(94)84-82-80-78-76-74-72-70-68-66-64-62-60-58-56-54-52-50-47-43-41-39-37-35-33-31-29-27-25-23-21-19-17-15-13-11-9-7-2/h9,11,15,17,21,23,27,29,33,35,39,41,47,50,54,56,60,62,66,68,89H,6-8,10,12-14,16,18-20,22,24-26,28,30-32,34,36-38,40,42-46,48-49,51-53,55,57-59,61,63-65,67,69-88H2,1-5H3/p+1/b11-9-,17-15-,23-21-,29-27-,35-33-,41-39-,50-47-,56-54-,62-60-,68-66-. The van der Waals surface area contributed by atoms with Crippen LogP contribution in [0.1, 0.15) is 393 Å². The van der Waals surface area contributed by atoms with E-state index in [4.69, 9.17) is 18.5 Å². The molecule has 0 bridgehead atoms. The molecule has 10 heteroatoms. The summed E-state index contributed by atoms with van der Waals surface area (Å²) in [6, 6.07) is 0. The van der Waals surface area contributed by atoms with E-state index in [9.17, 15) is 19.0 Å². The van der Waals surface area contributed by atoms with Crippen LogP contribution < -0.4 is 0 Å². The molecule has 0 spiro atoms. The molecule has 0 aliphatic heterocycles. The average Bonchev–Trinajstić information content (AvgIpc) is 0.958. The zero-order chi connectivity index (χ0) is 73.3. The lowest BCUT2D eigenvalue weighted by molar-refractivity contribution is -0.870. The molecule has 0 rings (SSSR count). The highest BCUT2D eigenvalue weighted by atomic mass is 31.2. The van der Waals surface area contributed by atoms with Gasteiger partial charge in [-0.1, -0.05) is 411 Å². The molecule has 0 aliphatic carbocycles. The van der Waals surface area contributed by atoms with Crippen LogP contribution in [0, 0.1) is 0 Å². The number of phosphoric ester groups is 1. The second-order valence-corrected chi connectivity index (χ2v) is 31.3. The number of carbonyl (C=O) groups excluding carboxylic acids is 2. The number of nitrogens with zero attached hydrogens (tertiary/aromatic N) is 1. The van der Waals surface area contributed by atoms with Crippen molar-refractivity contribution >= 4 is 19.8 Å². The summed E-state index contributed by atoms with van der Waals surface area (Å²) in [5.74, 6) is -0.806. The summed E-state index contributed by atoms with van der Waals surface area (Å²) in [7, 11) is 1.47.